The van der Waals surface area contributed by atoms with Gasteiger partial charge >= 0.3 is 11.7 Å². The molecule has 0 bridgehead atoms. The van der Waals surface area contributed by atoms with Crippen LogP contribution in [-0.4, -0.2) is 37.3 Å². The van der Waals surface area contributed by atoms with E-state index in [2.05, 4.69) is 10.1 Å². The van der Waals surface area contributed by atoms with E-state index in [9.17, 15) is 22.7 Å². The van der Waals surface area contributed by atoms with Gasteiger partial charge < -0.3 is 5.11 Å². The van der Waals surface area contributed by atoms with Crippen LogP contribution >= 0.6 is 35.0 Å². The van der Waals surface area contributed by atoms with Crippen molar-refractivity contribution in [3.8, 4) is 0 Å². The fraction of sp³-hybridized carbons (Fsp3) is 0.467. The number of halogens is 6. The van der Waals surface area contributed by atoms with Crippen molar-refractivity contribution in [2.45, 2.75) is 30.7 Å². The third-order valence-electron chi connectivity index (χ3n) is 3.86. The summed E-state index contributed by atoms with van der Waals surface area (Å²) >= 11 is 11.8. The largest absolute Gasteiger partial charge is 0.383 e. The molecular formula is C15H15Cl2F4N3OS. The second kappa shape index (κ2) is 8.33. The SMILES string of the molecule is C[C@@H](CSC(F)(F)C(F)F)[C@](O)(Cn1cncn1)c1ccc(Cl)cc1Cl. The second-order valence-electron chi connectivity index (χ2n) is 5.72. The first-order valence-electron chi connectivity index (χ1n) is 7.36. The minimum atomic E-state index is -4.22. The van der Waals surface area contributed by atoms with E-state index >= 15 is 0 Å². The van der Waals surface area contributed by atoms with Gasteiger partial charge in [0.1, 0.15) is 18.3 Å². The summed E-state index contributed by atoms with van der Waals surface area (Å²) in [6.07, 6.45) is -1.22. The Bertz CT molecular complexity index is 736. The fourth-order valence-corrected chi connectivity index (χ4v) is 3.79. The van der Waals surface area contributed by atoms with E-state index in [0.717, 1.165) is 0 Å². The molecule has 4 nitrogen and oxygen atoms in total. The highest BCUT2D eigenvalue weighted by Crippen LogP contribution is 2.42. The quantitative estimate of drug-likeness (QED) is 0.615. The maximum Gasteiger partial charge on any atom is 0.353 e. The lowest BCUT2D eigenvalue weighted by atomic mass is 9.83. The van der Waals surface area contributed by atoms with E-state index in [1.54, 1.807) is 0 Å². The summed E-state index contributed by atoms with van der Waals surface area (Å²) in [6.45, 7) is 1.31. The molecule has 144 valence electrons. The van der Waals surface area contributed by atoms with Crippen LogP contribution in [-0.2, 0) is 12.1 Å². The first-order valence-corrected chi connectivity index (χ1v) is 9.10. The molecule has 0 aliphatic carbocycles. The van der Waals surface area contributed by atoms with Crippen molar-refractivity contribution in [2.24, 2.45) is 5.92 Å². The molecule has 0 amide bonds. The average molecular weight is 432 g/mol. The minimum absolute atomic E-state index is 0.123. The van der Waals surface area contributed by atoms with Gasteiger partial charge in [-0.25, -0.2) is 18.4 Å². The van der Waals surface area contributed by atoms with Crippen molar-refractivity contribution in [1.82, 2.24) is 14.8 Å². The molecule has 1 N–H and O–H groups in total. The fourth-order valence-electron chi connectivity index (χ4n) is 2.35. The van der Waals surface area contributed by atoms with Crippen LogP contribution in [0.25, 0.3) is 0 Å². The zero-order chi connectivity index (χ0) is 19.5. The molecule has 0 spiro atoms. The molecule has 0 radical (unpaired) electrons. The highest BCUT2D eigenvalue weighted by Gasteiger charge is 2.45. The summed E-state index contributed by atoms with van der Waals surface area (Å²) in [5.41, 5.74) is -1.53. The maximum absolute atomic E-state index is 13.3. The first-order chi connectivity index (χ1) is 12.1. The Kier molecular flexibility index (Phi) is 6.81. The maximum atomic E-state index is 13.3. The normalized spacial score (nSPS) is 15.9. The molecule has 11 heteroatoms. The average Bonchev–Trinajstić information content (AvgIpc) is 3.04. The van der Waals surface area contributed by atoms with Crippen LogP contribution in [0.5, 0.6) is 0 Å². The molecule has 1 aromatic heterocycles. The molecule has 2 rings (SSSR count). The van der Waals surface area contributed by atoms with Crippen molar-refractivity contribution < 1.29 is 22.7 Å². The van der Waals surface area contributed by atoms with Crippen LogP contribution in [0, 0.1) is 5.92 Å². The van der Waals surface area contributed by atoms with Gasteiger partial charge in [-0.05, 0) is 12.1 Å². The lowest BCUT2D eigenvalue weighted by molar-refractivity contribution is -0.0580. The van der Waals surface area contributed by atoms with E-state index in [1.807, 2.05) is 0 Å². The van der Waals surface area contributed by atoms with E-state index in [4.69, 9.17) is 23.2 Å². The molecule has 2 aromatic rings. The van der Waals surface area contributed by atoms with Crippen LogP contribution in [0.2, 0.25) is 10.0 Å². The Balaban J connectivity index is 2.33. The third-order valence-corrected chi connectivity index (χ3v) is 5.64. The van der Waals surface area contributed by atoms with Crippen molar-refractivity contribution in [3.63, 3.8) is 0 Å². The van der Waals surface area contributed by atoms with Crippen molar-refractivity contribution in [2.75, 3.05) is 5.75 Å². The summed E-state index contributed by atoms with van der Waals surface area (Å²) in [7, 11) is 0. The van der Waals surface area contributed by atoms with E-state index in [1.165, 1.54) is 42.5 Å². The van der Waals surface area contributed by atoms with Crippen LogP contribution < -0.4 is 0 Å². The van der Waals surface area contributed by atoms with Crippen LogP contribution in [0.1, 0.15) is 12.5 Å². The zero-order valence-electron chi connectivity index (χ0n) is 13.4. The predicted octanol–water partition coefficient (Wildman–Crippen LogP) is 4.70. The Labute approximate surface area is 161 Å². The van der Waals surface area contributed by atoms with Gasteiger partial charge in [-0.15, -0.1) is 0 Å². The lowest BCUT2D eigenvalue weighted by Crippen LogP contribution is -2.40. The predicted molar refractivity (Wildman–Crippen MR) is 93.0 cm³/mol. The van der Waals surface area contributed by atoms with Gasteiger partial charge in [-0.1, -0.05) is 48.0 Å². The van der Waals surface area contributed by atoms with Crippen LogP contribution in [0.4, 0.5) is 17.6 Å². The zero-order valence-corrected chi connectivity index (χ0v) is 15.7. The molecule has 26 heavy (non-hydrogen) atoms. The Morgan fingerprint density at radius 3 is 2.54 bits per heavy atom. The number of alkyl halides is 4. The molecular weight excluding hydrogens is 417 g/mol. The van der Waals surface area contributed by atoms with Gasteiger partial charge in [0.05, 0.1) is 6.54 Å². The van der Waals surface area contributed by atoms with Crippen LogP contribution in [0.3, 0.4) is 0 Å². The summed E-state index contributed by atoms with van der Waals surface area (Å²) in [4.78, 5) is 3.77. The Morgan fingerprint density at radius 1 is 1.31 bits per heavy atom. The highest BCUT2D eigenvalue weighted by atomic mass is 35.5. The van der Waals surface area contributed by atoms with E-state index in [-0.39, 0.29) is 28.9 Å². The standard InChI is InChI=1S/C15H15Cl2F4N3OS/c1-9(5-26-15(20,21)13(18)19)14(25,6-24-8-22-7-23-24)11-3-2-10(16)4-12(11)17/h2-4,7-9,13,25H,5-6H2,1H3/t9-,14+/m0/s1. The van der Waals surface area contributed by atoms with Gasteiger partial charge in [-0.2, -0.15) is 13.9 Å². The monoisotopic (exact) mass is 431 g/mol. The third kappa shape index (κ3) is 4.82. The van der Waals surface area contributed by atoms with Crippen molar-refractivity contribution in [3.05, 3.63) is 46.5 Å². The molecule has 0 aliphatic rings. The van der Waals surface area contributed by atoms with Gasteiger partial charge in [-0.3, -0.25) is 0 Å². The van der Waals surface area contributed by atoms with Crippen molar-refractivity contribution in [1.29, 1.82) is 0 Å². The highest BCUT2D eigenvalue weighted by molar-refractivity contribution is 8.00. The summed E-state index contributed by atoms with van der Waals surface area (Å²) in [5.74, 6) is -1.32. The minimum Gasteiger partial charge on any atom is -0.383 e. The van der Waals surface area contributed by atoms with Crippen molar-refractivity contribution >= 4 is 35.0 Å². The molecule has 0 aliphatic heterocycles. The molecule has 0 saturated heterocycles. The number of aromatic nitrogens is 3. The summed E-state index contributed by atoms with van der Waals surface area (Å²) in [6, 6.07) is 4.36. The molecule has 0 saturated carbocycles. The van der Waals surface area contributed by atoms with Crippen LogP contribution in [0.15, 0.2) is 30.9 Å². The topological polar surface area (TPSA) is 50.9 Å². The van der Waals surface area contributed by atoms with E-state index in [0.29, 0.717) is 5.02 Å². The second-order valence-corrected chi connectivity index (χ2v) is 7.73. The number of hydrogen-bond donors (Lipinski definition) is 1. The lowest BCUT2D eigenvalue weighted by Gasteiger charge is -2.35. The number of hydrogen-bond acceptors (Lipinski definition) is 4. The van der Waals surface area contributed by atoms with Gasteiger partial charge in [0.25, 0.3) is 0 Å². The molecule has 1 aromatic carbocycles. The summed E-state index contributed by atoms with van der Waals surface area (Å²) < 4.78 is 52.6. The number of rotatable bonds is 8. The number of benzene rings is 1. The molecule has 2 atom stereocenters. The molecule has 0 unspecified atom stereocenters. The number of aliphatic hydroxyl groups is 1. The first kappa shape index (κ1) is 21.3. The van der Waals surface area contributed by atoms with E-state index < -0.39 is 29.0 Å². The smallest absolute Gasteiger partial charge is 0.353 e. The number of nitrogens with zero attached hydrogens (tertiary/aromatic N) is 3. The Hall–Kier alpha value is -1.03. The Morgan fingerprint density at radius 2 is 2.00 bits per heavy atom. The molecule has 0 fully saturated rings. The molecule has 1 heterocycles. The van der Waals surface area contributed by atoms with Gasteiger partial charge in [0.15, 0.2) is 0 Å². The van der Waals surface area contributed by atoms with Gasteiger partial charge in [0, 0.05) is 27.3 Å². The summed E-state index contributed by atoms with van der Waals surface area (Å²) in [5, 5.41) is 11.4. The number of thioether (sulfide) groups is 1. The van der Waals surface area contributed by atoms with Gasteiger partial charge in [0.2, 0.25) is 0 Å².